The lowest BCUT2D eigenvalue weighted by Crippen LogP contribution is -2.26. The van der Waals surface area contributed by atoms with E-state index in [4.69, 9.17) is 0 Å². The van der Waals surface area contributed by atoms with Gasteiger partial charge in [-0.3, -0.25) is 9.78 Å². The quantitative estimate of drug-likeness (QED) is 0.791. The number of benzene rings is 1. The van der Waals surface area contributed by atoms with Crippen molar-refractivity contribution >= 4 is 32.7 Å². The minimum Gasteiger partial charge on any atom is -0.350 e. The zero-order valence-corrected chi connectivity index (χ0v) is 12.9. The molecule has 4 nitrogen and oxygen atoms in total. The Kier molecular flexibility index (Phi) is 4.01. The average Bonchev–Trinajstić information content (AvgIpc) is 2.91. The summed E-state index contributed by atoms with van der Waals surface area (Å²) in [5.74, 6) is -0.0173. The molecule has 106 valence electrons. The van der Waals surface area contributed by atoms with Crippen LogP contribution in [-0.2, 0) is 17.9 Å². The SMILES string of the molecule is O=C(Cn1ccc2c(Br)cccc21)NCc1cccnc1. The topological polar surface area (TPSA) is 46.9 Å². The molecule has 0 unspecified atom stereocenters. The van der Waals surface area contributed by atoms with E-state index in [0.29, 0.717) is 13.1 Å². The molecule has 0 saturated heterocycles. The van der Waals surface area contributed by atoms with Crippen LogP contribution in [0, 0.1) is 0 Å². The molecule has 21 heavy (non-hydrogen) atoms. The molecule has 5 heteroatoms. The van der Waals surface area contributed by atoms with Crippen LogP contribution in [0.1, 0.15) is 5.56 Å². The highest BCUT2D eigenvalue weighted by molar-refractivity contribution is 9.10. The van der Waals surface area contributed by atoms with E-state index in [1.54, 1.807) is 12.4 Å². The van der Waals surface area contributed by atoms with Crippen LogP contribution in [0.3, 0.4) is 0 Å². The first-order valence-corrected chi connectivity index (χ1v) is 7.42. The Bertz CT molecular complexity index is 768. The molecular formula is C16H14BrN3O. The fourth-order valence-electron chi connectivity index (χ4n) is 2.24. The number of amides is 1. The molecule has 1 aromatic carbocycles. The zero-order chi connectivity index (χ0) is 14.7. The monoisotopic (exact) mass is 343 g/mol. The number of aromatic nitrogens is 2. The molecule has 1 amide bonds. The minimum atomic E-state index is -0.0173. The second-order valence-electron chi connectivity index (χ2n) is 4.75. The Morgan fingerprint density at radius 2 is 2.14 bits per heavy atom. The van der Waals surface area contributed by atoms with E-state index in [1.807, 2.05) is 47.2 Å². The Balaban J connectivity index is 1.68. The molecule has 3 rings (SSSR count). The van der Waals surface area contributed by atoms with Crippen LogP contribution >= 0.6 is 15.9 Å². The third-order valence-electron chi connectivity index (χ3n) is 3.29. The fraction of sp³-hybridized carbons (Fsp3) is 0.125. The second kappa shape index (κ2) is 6.10. The van der Waals surface area contributed by atoms with Gasteiger partial charge in [-0.2, -0.15) is 0 Å². The number of nitrogens with zero attached hydrogens (tertiary/aromatic N) is 2. The average molecular weight is 344 g/mol. The molecule has 0 fully saturated rings. The van der Waals surface area contributed by atoms with E-state index in [-0.39, 0.29) is 5.91 Å². The summed E-state index contributed by atoms with van der Waals surface area (Å²) in [6.07, 6.45) is 5.40. The first-order valence-electron chi connectivity index (χ1n) is 6.63. The maximum atomic E-state index is 12.0. The Hall–Kier alpha value is -2.14. The van der Waals surface area contributed by atoms with Gasteiger partial charge in [0.15, 0.2) is 0 Å². The summed E-state index contributed by atoms with van der Waals surface area (Å²) in [5.41, 5.74) is 2.03. The number of rotatable bonds is 4. The first kappa shape index (κ1) is 13.8. The second-order valence-corrected chi connectivity index (χ2v) is 5.61. The molecule has 0 atom stereocenters. The zero-order valence-electron chi connectivity index (χ0n) is 11.3. The highest BCUT2D eigenvalue weighted by atomic mass is 79.9. The maximum absolute atomic E-state index is 12.0. The van der Waals surface area contributed by atoms with Crippen molar-refractivity contribution in [3.63, 3.8) is 0 Å². The van der Waals surface area contributed by atoms with E-state index >= 15 is 0 Å². The van der Waals surface area contributed by atoms with Crippen LogP contribution < -0.4 is 5.32 Å². The molecule has 0 aliphatic rings. The lowest BCUT2D eigenvalue weighted by Gasteiger charge is -2.07. The Labute approximate surface area is 130 Å². The van der Waals surface area contributed by atoms with Gasteiger partial charge in [0.1, 0.15) is 6.54 Å². The van der Waals surface area contributed by atoms with Gasteiger partial charge in [-0.25, -0.2) is 0 Å². The molecule has 0 radical (unpaired) electrons. The summed E-state index contributed by atoms with van der Waals surface area (Å²) in [6.45, 7) is 0.801. The van der Waals surface area contributed by atoms with Crippen molar-refractivity contribution < 1.29 is 4.79 Å². The number of nitrogens with one attached hydrogen (secondary N) is 1. The summed E-state index contributed by atoms with van der Waals surface area (Å²) in [5, 5.41) is 4.01. The Morgan fingerprint density at radius 3 is 2.95 bits per heavy atom. The molecule has 0 aliphatic carbocycles. The van der Waals surface area contributed by atoms with Crippen LogP contribution in [-0.4, -0.2) is 15.5 Å². The predicted molar refractivity (Wildman–Crippen MR) is 85.7 cm³/mol. The molecule has 0 spiro atoms. The van der Waals surface area contributed by atoms with Gasteiger partial charge >= 0.3 is 0 Å². The van der Waals surface area contributed by atoms with Gasteiger partial charge in [0.05, 0.1) is 0 Å². The lowest BCUT2D eigenvalue weighted by atomic mass is 10.2. The van der Waals surface area contributed by atoms with Crippen LogP contribution in [0.15, 0.2) is 59.5 Å². The van der Waals surface area contributed by atoms with Gasteiger partial charge in [-0.05, 0) is 29.8 Å². The highest BCUT2D eigenvalue weighted by Gasteiger charge is 2.07. The number of carbonyl (C=O) groups is 1. The van der Waals surface area contributed by atoms with E-state index in [2.05, 4.69) is 26.2 Å². The van der Waals surface area contributed by atoms with Gasteiger partial charge in [0.2, 0.25) is 5.91 Å². The van der Waals surface area contributed by atoms with Gasteiger partial charge < -0.3 is 9.88 Å². The predicted octanol–water partition coefficient (Wildman–Crippen LogP) is 3.12. The lowest BCUT2D eigenvalue weighted by molar-refractivity contribution is -0.121. The smallest absolute Gasteiger partial charge is 0.240 e. The molecule has 2 heterocycles. The minimum absolute atomic E-state index is 0.0173. The third kappa shape index (κ3) is 3.13. The molecule has 0 saturated carbocycles. The molecule has 2 aromatic heterocycles. The number of hydrogen-bond donors (Lipinski definition) is 1. The number of carbonyl (C=O) groups excluding carboxylic acids is 1. The van der Waals surface area contributed by atoms with Crippen molar-refractivity contribution in [1.29, 1.82) is 0 Å². The van der Waals surface area contributed by atoms with Crippen molar-refractivity contribution in [1.82, 2.24) is 14.9 Å². The molecule has 0 aliphatic heterocycles. The van der Waals surface area contributed by atoms with E-state index in [0.717, 1.165) is 20.9 Å². The van der Waals surface area contributed by atoms with Crippen molar-refractivity contribution in [2.24, 2.45) is 0 Å². The van der Waals surface area contributed by atoms with Crippen molar-refractivity contribution in [3.05, 3.63) is 65.0 Å². The number of pyridine rings is 1. The van der Waals surface area contributed by atoms with E-state index in [9.17, 15) is 4.79 Å². The van der Waals surface area contributed by atoms with Crippen LogP contribution in [0.2, 0.25) is 0 Å². The number of halogens is 1. The molecule has 1 N–H and O–H groups in total. The Morgan fingerprint density at radius 1 is 1.24 bits per heavy atom. The van der Waals surface area contributed by atoms with Crippen molar-refractivity contribution in [3.8, 4) is 0 Å². The number of hydrogen-bond acceptors (Lipinski definition) is 2. The third-order valence-corrected chi connectivity index (χ3v) is 3.98. The van der Waals surface area contributed by atoms with Gasteiger partial charge in [0, 0.05) is 40.5 Å². The normalized spacial score (nSPS) is 10.7. The van der Waals surface area contributed by atoms with Crippen molar-refractivity contribution in [2.75, 3.05) is 0 Å². The highest BCUT2D eigenvalue weighted by Crippen LogP contribution is 2.24. The van der Waals surface area contributed by atoms with Gasteiger partial charge in [0.25, 0.3) is 0 Å². The van der Waals surface area contributed by atoms with E-state index < -0.39 is 0 Å². The summed E-state index contributed by atoms with van der Waals surface area (Å²) in [4.78, 5) is 16.1. The van der Waals surface area contributed by atoms with E-state index in [1.165, 1.54) is 0 Å². The maximum Gasteiger partial charge on any atom is 0.240 e. The summed E-state index contributed by atoms with van der Waals surface area (Å²) in [7, 11) is 0. The van der Waals surface area contributed by atoms with Gasteiger partial charge in [-0.15, -0.1) is 0 Å². The molecule has 0 bridgehead atoms. The van der Waals surface area contributed by atoms with Gasteiger partial charge in [-0.1, -0.05) is 28.1 Å². The summed E-state index contributed by atoms with van der Waals surface area (Å²) >= 11 is 3.52. The first-order chi connectivity index (χ1) is 10.2. The number of fused-ring (bicyclic) bond motifs is 1. The van der Waals surface area contributed by atoms with Crippen LogP contribution in [0.5, 0.6) is 0 Å². The summed E-state index contributed by atoms with van der Waals surface area (Å²) in [6, 6.07) is 11.8. The molecular weight excluding hydrogens is 330 g/mol. The standard InChI is InChI=1S/C16H14BrN3O/c17-14-4-1-5-15-13(14)6-8-20(15)11-16(21)19-10-12-3-2-7-18-9-12/h1-9H,10-11H2,(H,19,21). The fourth-order valence-corrected chi connectivity index (χ4v) is 2.73. The van der Waals surface area contributed by atoms with Crippen LogP contribution in [0.4, 0.5) is 0 Å². The van der Waals surface area contributed by atoms with Crippen LogP contribution in [0.25, 0.3) is 10.9 Å². The summed E-state index contributed by atoms with van der Waals surface area (Å²) < 4.78 is 2.98. The van der Waals surface area contributed by atoms with Crippen molar-refractivity contribution in [2.45, 2.75) is 13.1 Å². The largest absolute Gasteiger partial charge is 0.350 e. The molecule has 3 aromatic rings.